The van der Waals surface area contributed by atoms with Gasteiger partial charge in [-0.1, -0.05) is 60.7 Å². The fourth-order valence-electron chi connectivity index (χ4n) is 1.97. The van der Waals surface area contributed by atoms with Gasteiger partial charge in [-0.15, -0.1) is 0 Å². The Morgan fingerprint density at radius 2 is 1.08 bits per heavy atom. The topological polar surface area (TPSA) is 69.7 Å². The molecule has 0 amide bonds. The highest BCUT2D eigenvalue weighted by atomic mass is 31.1. The summed E-state index contributed by atoms with van der Waals surface area (Å²) in [6.07, 6.45) is 2.93. The van der Waals surface area contributed by atoms with E-state index >= 15 is 0 Å². The number of hydrogen-bond acceptors (Lipinski definition) is 5. The highest BCUT2D eigenvalue weighted by Gasteiger charge is 2.30. The molecule has 0 radical (unpaired) electrons. The van der Waals surface area contributed by atoms with Gasteiger partial charge in [0.1, 0.15) is 0 Å². The summed E-state index contributed by atoms with van der Waals surface area (Å²) >= 11 is 0. The summed E-state index contributed by atoms with van der Waals surface area (Å²) in [5, 5.41) is 0. The average molecular weight is 369 g/mol. The van der Waals surface area contributed by atoms with Gasteiger partial charge in [-0.3, -0.25) is 9.59 Å². The third-order valence-corrected chi connectivity index (χ3v) is 3.93. The molecule has 0 unspecified atom stereocenters. The van der Waals surface area contributed by atoms with E-state index in [1.54, 1.807) is 48.5 Å². The Morgan fingerprint density at radius 3 is 1.38 bits per heavy atom. The van der Waals surface area contributed by atoms with E-state index in [1.807, 2.05) is 12.1 Å². The van der Waals surface area contributed by atoms with Crippen molar-refractivity contribution in [1.29, 1.82) is 0 Å². The van der Waals surface area contributed by atoms with Crippen LogP contribution in [0.15, 0.2) is 72.2 Å². The standard InChI is InChI=1S/C20H18O5P/c1-15(21)19(13-17-9-5-3-6-10-17)24-26(23)25-20(16(2)22)14-18-11-7-4-8-12-18/h3-14H,1-2H3/q+1/b19-13+,20-14+. The first kappa shape index (κ1) is 19.3. The summed E-state index contributed by atoms with van der Waals surface area (Å²) in [4.78, 5) is 23.5. The first-order valence-electron chi connectivity index (χ1n) is 7.84. The van der Waals surface area contributed by atoms with E-state index < -0.39 is 19.8 Å². The van der Waals surface area contributed by atoms with Crippen LogP contribution in [0.1, 0.15) is 25.0 Å². The lowest BCUT2D eigenvalue weighted by Gasteiger charge is -1.99. The average Bonchev–Trinajstić information content (AvgIpc) is 2.62. The Labute approximate surface area is 152 Å². The van der Waals surface area contributed by atoms with E-state index in [4.69, 9.17) is 9.05 Å². The maximum absolute atomic E-state index is 12.2. The van der Waals surface area contributed by atoms with Gasteiger partial charge in [-0.05, 0) is 23.3 Å². The van der Waals surface area contributed by atoms with Crippen molar-refractivity contribution in [1.82, 2.24) is 0 Å². The van der Waals surface area contributed by atoms with E-state index in [2.05, 4.69) is 0 Å². The number of ketones is 2. The Balaban J connectivity index is 2.16. The number of hydrogen-bond donors (Lipinski definition) is 0. The highest BCUT2D eigenvalue weighted by Crippen LogP contribution is 2.33. The quantitative estimate of drug-likeness (QED) is 0.375. The van der Waals surface area contributed by atoms with Crippen LogP contribution in [-0.2, 0) is 23.2 Å². The van der Waals surface area contributed by atoms with E-state index in [1.165, 1.54) is 26.0 Å². The van der Waals surface area contributed by atoms with Gasteiger partial charge >= 0.3 is 8.25 Å². The molecule has 0 aliphatic carbocycles. The molecule has 0 heterocycles. The summed E-state index contributed by atoms with van der Waals surface area (Å²) in [7, 11) is -2.74. The zero-order valence-electron chi connectivity index (χ0n) is 14.4. The summed E-state index contributed by atoms with van der Waals surface area (Å²) in [5.74, 6) is -1.03. The van der Waals surface area contributed by atoms with Gasteiger partial charge in [0.05, 0.1) is 0 Å². The molecule has 0 saturated carbocycles. The predicted octanol–water partition coefficient (Wildman–Crippen LogP) is 4.94. The van der Waals surface area contributed by atoms with Crippen LogP contribution in [0.5, 0.6) is 0 Å². The summed E-state index contributed by atoms with van der Waals surface area (Å²) in [5.41, 5.74) is 1.43. The number of Topliss-reactive ketones (excluding diaryl/α,β-unsaturated/α-hetero) is 2. The van der Waals surface area contributed by atoms with Crippen molar-refractivity contribution in [3.63, 3.8) is 0 Å². The van der Waals surface area contributed by atoms with Crippen molar-refractivity contribution in [2.75, 3.05) is 0 Å². The number of carbonyl (C=O) groups excluding carboxylic acids is 2. The Kier molecular flexibility index (Phi) is 7.01. The number of rotatable bonds is 8. The number of carbonyl (C=O) groups is 2. The maximum atomic E-state index is 12.2. The molecule has 26 heavy (non-hydrogen) atoms. The molecular weight excluding hydrogens is 351 g/mol. The molecule has 0 fully saturated rings. The first-order chi connectivity index (χ1) is 12.5. The second-order valence-electron chi connectivity index (χ2n) is 5.36. The summed E-state index contributed by atoms with van der Waals surface area (Å²) in [6.45, 7) is 2.59. The van der Waals surface area contributed by atoms with Gasteiger partial charge in [-0.2, -0.15) is 0 Å². The van der Waals surface area contributed by atoms with Crippen LogP contribution in [0.4, 0.5) is 0 Å². The minimum atomic E-state index is -2.74. The lowest BCUT2D eigenvalue weighted by molar-refractivity contribution is -0.115. The molecular formula is C20H18O5P+. The van der Waals surface area contributed by atoms with Crippen molar-refractivity contribution in [3.05, 3.63) is 83.3 Å². The van der Waals surface area contributed by atoms with Gasteiger partial charge in [-0.25, -0.2) is 9.05 Å². The maximum Gasteiger partial charge on any atom is 0.805 e. The SMILES string of the molecule is CC(=O)/C(=C\c1ccccc1)O[P+](=O)O/C(=C/c1ccccc1)C(C)=O. The van der Waals surface area contributed by atoms with Gasteiger partial charge in [0.25, 0.3) is 0 Å². The van der Waals surface area contributed by atoms with E-state index in [0.29, 0.717) is 11.1 Å². The molecule has 0 aliphatic heterocycles. The molecule has 2 aromatic rings. The van der Waals surface area contributed by atoms with Crippen LogP contribution in [0.3, 0.4) is 0 Å². The van der Waals surface area contributed by atoms with Crippen LogP contribution in [0.25, 0.3) is 12.2 Å². The third-order valence-electron chi connectivity index (χ3n) is 3.23. The highest BCUT2D eigenvalue weighted by molar-refractivity contribution is 7.33. The zero-order valence-corrected chi connectivity index (χ0v) is 15.3. The van der Waals surface area contributed by atoms with Gasteiger partial charge in [0.2, 0.25) is 23.1 Å². The van der Waals surface area contributed by atoms with Crippen LogP contribution in [0, 0.1) is 0 Å². The molecule has 6 heteroatoms. The van der Waals surface area contributed by atoms with Gasteiger partial charge in [0.15, 0.2) is 0 Å². The largest absolute Gasteiger partial charge is 0.805 e. The van der Waals surface area contributed by atoms with Crippen LogP contribution >= 0.6 is 8.25 Å². The minimum Gasteiger partial charge on any atom is -0.291 e. The Hall–Kier alpha value is -3.04. The Bertz CT molecular complexity index is 783. The lowest BCUT2D eigenvalue weighted by atomic mass is 10.2. The van der Waals surface area contributed by atoms with Gasteiger partial charge in [0, 0.05) is 18.4 Å². The second kappa shape index (κ2) is 9.44. The second-order valence-corrected chi connectivity index (χ2v) is 6.17. The monoisotopic (exact) mass is 369 g/mol. The molecule has 0 aromatic heterocycles. The van der Waals surface area contributed by atoms with E-state index in [9.17, 15) is 14.2 Å². The molecule has 2 aromatic carbocycles. The molecule has 0 aliphatic rings. The number of benzene rings is 2. The van der Waals surface area contributed by atoms with Crippen LogP contribution in [-0.4, -0.2) is 11.6 Å². The van der Waals surface area contributed by atoms with Crippen molar-refractivity contribution in [3.8, 4) is 0 Å². The van der Waals surface area contributed by atoms with E-state index in [-0.39, 0.29) is 11.5 Å². The Morgan fingerprint density at radius 1 is 0.731 bits per heavy atom. The summed E-state index contributed by atoms with van der Waals surface area (Å²) in [6, 6.07) is 18.0. The minimum absolute atomic E-state index is 0.111. The smallest absolute Gasteiger partial charge is 0.291 e. The molecule has 2 rings (SSSR count). The molecule has 0 atom stereocenters. The van der Waals surface area contributed by atoms with Gasteiger partial charge < -0.3 is 0 Å². The number of allylic oxidation sites excluding steroid dienone is 2. The van der Waals surface area contributed by atoms with Crippen LogP contribution < -0.4 is 0 Å². The molecule has 0 saturated heterocycles. The molecule has 5 nitrogen and oxygen atoms in total. The lowest BCUT2D eigenvalue weighted by Crippen LogP contribution is -2.01. The predicted molar refractivity (Wildman–Crippen MR) is 100.0 cm³/mol. The molecule has 0 bridgehead atoms. The van der Waals surface area contributed by atoms with Crippen molar-refractivity contribution >= 4 is 32.0 Å². The molecule has 0 N–H and O–H groups in total. The van der Waals surface area contributed by atoms with Crippen molar-refractivity contribution in [2.24, 2.45) is 0 Å². The van der Waals surface area contributed by atoms with Crippen molar-refractivity contribution in [2.45, 2.75) is 13.8 Å². The fourth-order valence-corrected chi connectivity index (χ4v) is 2.69. The summed E-state index contributed by atoms with van der Waals surface area (Å²) < 4.78 is 22.5. The zero-order chi connectivity index (χ0) is 18.9. The van der Waals surface area contributed by atoms with E-state index in [0.717, 1.165) is 0 Å². The normalized spacial score (nSPS) is 12.3. The third kappa shape index (κ3) is 6.11. The fraction of sp³-hybridized carbons (Fsp3) is 0.100. The van der Waals surface area contributed by atoms with Crippen LogP contribution in [0.2, 0.25) is 0 Å². The molecule has 132 valence electrons. The first-order valence-corrected chi connectivity index (χ1v) is 8.94. The van der Waals surface area contributed by atoms with Crippen molar-refractivity contribution < 1.29 is 23.2 Å². The molecule has 0 spiro atoms.